The molecule has 0 fully saturated rings. The number of nitrogen functional groups attached to an aromatic ring is 1. The molecule has 0 aliphatic carbocycles. The third-order valence-electron chi connectivity index (χ3n) is 3.34. The van der Waals surface area contributed by atoms with Crippen molar-refractivity contribution in [3.05, 3.63) is 77.9 Å². The number of nitrogens with one attached hydrogen (secondary N) is 1. The number of carbonyl (C=O) groups excluding carboxylic acids is 1. The molecule has 0 unspecified atom stereocenters. The highest BCUT2D eigenvalue weighted by Gasteiger charge is 2.09. The first-order valence-corrected chi connectivity index (χ1v) is 6.79. The van der Waals surface area contributed by atoms with E-state index in [1.54, 1.807) is 30.3 Å². The first-order chi connectivity index (χ1) is 10.6. The van der Waals surface area contributed by atoms with Crippen LogP contribution in [0.25, 0.3) is 10.8 Å². The summed E-state index contributed by atoms with van der Waals surface area (Å²) in [5.41, 5.74) is 6.62. The summed E-state index contributed by atoms with van der Waals surface area (Å²) >= 11 is 0. The number of para-hydroxylation sites is 1. The smallest absolute Gasteiger partial charge is 0.343 e. The van der Waals surface area contributed by atoms with Crippen LogP contribution in [0, 0.1) is 5.41 Å². The van der Waals surface area contributed by atoms with E-state index >= 15 is 0 Å². The van der Waals surface area contributed by atoms with Gasteiger partial charge < -0.3 is 10.5 Å². The Morgan fingerprint density at radius 2 is 1.45 bits per heavy atom. The minimum atomic E-state index is -0.399. The van der Waals surface area contributed by atoms with Gasteiger partial charge in [0.15, 0.2) is 0 Å². The fraction of sp³-hybridized carbons (Fsp3) is 0. The lowest BCUT2D eigenvalue weighted by Gasteiger charge is -2.06. The summed E-state index contributed by atoms with van der Waals surface area (Å²) in [6, 6.07) is 19.7. The Kier molecular flexibility index (Phi) is 3.58. The average molecular weight is 290 g/mol. The van der Waals surface area contributed by atoms with Crippen LogP contribution in [0.5, 0.6) is 5.75 Å². The third-order valence-corrected chi connectivity index (χ3v) is 3.34. The second-order valence-electron chi connectivity index (χ2n) is 4.89. The summed E-state index contributed by atoms with van der Waals surface area (Å²) in [5, 5.41) is 9.27. The number of fused-ring (bicyclic) bond motifs is 1. The largest absolute Gasteiger partial charge is 0.423 e. The lowest BCUT2D eigenvalue weighted by Crippen LogP contribution is -2.11. The van der Waals surface area contributed by atoms with Gasteiger partial charge in [0.1, 0.15) is 11.6 Å². The summed E-state index contributed by atoms with van der Waals surface area (Å²) in [6.45, 7) is 0. The first-order valence-electron chi connectivity index (χ1n) is 6.79. The molecule has 0 aromatic heterocycles. The second-order valence-corrected chi connectivity index (χ2v) is 4.89. The monoisotopic (exact) mass is 290 g/mol. The maximum Gasteiger partial charge on any atom is 0.343 e. The van der Waals surface area contributed by atoms with Crippen LogP contribution in [0.2, 0.25) is 0 Å². The summed E-state index contributed by atoms with van der Waals surface area (Å²) < 4.78 is 5.32. The molecule has 0 amide bonds. The van der Waals surface area contributed by atoms with Crippen molar-refractivity contribution in [3.63, 3.8) is 0 Å². The highest BCUT2D eigenvalue weighted by Crippen LogP contribution is 2.19. The number of ether oxygens (including phenoxy) is 1. The summed E-state index contributed by atoms with van der Waals surface area (Å²) in [6.07, 6.45) is 0. The zero-order valence-electron chi connectivity index (χ0n) is 11.7. The Bertz CT molecular complexity index is 857. The fourth-order valence-electron chi connectivity index (χ4n) is 2.19. The Balaban J connectivity index is 1.90. The van der Waals surface area contributed by atoms with Gasteiger partial charge in [0.05, 0.1) is 5.56 Å². The van der Waals surface area contributed by atoms with E-state index < -0.39 is 5.97 Å². The van der Waals surface area contributed by atoms with Crippen LogP contribution in [0.3, 0.4) is 0 Å². The number of hydrogen-bond donors (Lipinski definition) is 2. The van der Waals surface area contributed by atoms with Crippen molar-refractivity contribution in [2.24, 2.45) is 5.73 Å². The number of carbonyl (C=O) groups is 1. The molecule has 0 aliphatic heterocycles. The van der Waals surface area contributed by atoms with Crippen LogP contribution >= 0.6 is 0 Å². The van der Waals surface area contributed by atoms with E-state index in [0.29, 0.717) is 16.9 Å². The van der Waals surface area contributed by atoms with Crippen molar-refractivity contribution < 1.29 is 9.53 Å². The molecule has 22 heavy (non-hydrogen) atoms. The van der Waals surface area contributed by atoms with Gasteiger partial charge in [0.2, 0.25) is 0 Å². The minimum Gasteiger partial charge on any atom is -0.423 e. The predicted molar refractivity (Wildman–Crippen MR) is 86.4 cm³/mol. The quantitative estimate of drug-likeness (QED) is 0.336. The molecular weight excluding hydrogens is 276 g/mol. The number of hydrogen-bond acceptors (Lipinski definition) is 3. The Labute approximate surface area is 127 Å². The molecule has 108 valence electrons. The van der Waals surface area contributed by atoms with Gasteiger partial charge in [-0.25, -0.2) is 4.79 Å². The molecule has 4 heteroatoms. The van der Waals surface area contributed by atoms with Gasteiger partial charge in [0.25, 0.3) is 0 Å². The molecule has 0 bridgehead atoms. The zero-order chi connectivity index (χ0) is 15.5. The van der Waals surface area contributed by atoms with Crippen LogP contribution in [-0.2, 0) is 0 Å². The van der Waals surface area contributed by atoms with Gasteiger partial charge in [0, 0.05) is 5.56 Å². The van der Waals surface area contributed by atoms with E-state index in [2.05, 4.69) is 0 Å². The van der Waals surface area contributed by atoms with Crippen molar-refractivity contribution in [3.8, 4) is 5.75 Å². The SMILES string of the molecule is N=C(N)c1ccc2cc(C(=O)Oc3ccccc3)ccc2c1. The second kappa shape index (κ2) is 5.69. The van der Waals surface area contributed by atoms with Crippen LogP contribution in [0.15, 0.2) is 66.7 Å². The van der Waals surface area contributed by atoms with Gasteiger partial charge in [-0.1, -0.05) is 36.4 Å². The number of esters is 1. The van der Waals surface area contributed by atoms with Crippen molar-refractivity contribution in [1.29, 1.82) is 5.41 Å². The summed E-state index contributed by atoms with van der Waals surface area (Å²) in [7, 11) is 0. The highest BCUT2D eigenvalue weighted by molar-refractivity contribution is 6.01. The van der Waals surface area contributed by atoms with E-state index in [-0.39, 0.29) is 5.84 Å². The van der Waals surface area contributed by atoms with Crippen molar-refractivity contribution in [2.75, 3.05) is 0 Å². The van der Waals surface area contributed by atoms with E-state index in [9.17, 15) is 4.79 Å². The first kappa shape index (κ1) is 13.8. The van der Waals surface area contributed by atoms with E-state index in [1.165, 1.54) is 0 Å². The molecule has 0 radical (unpaired) electrons. The van der Waals surface area contributed by atoms with Crippen molar-refractivity contribution in [1.82, 2.24) is 0 Å². The third kappa shape index (κ3) is 2.81. The molecule has 3 rings (SSSR count). The molecule has 0 heterocycles. The molecule has 0 atom stereocenters. The highest BCUT2D eigenvalue weighted by atomic mass is 16.5. The lowest BCUT2D eigenvalue weighted by molar-refractivity contribution is 0.0735. The minimum absolute atomic E-state index is 0.0227. The molecule has 0 saturated carbocycles. The van der Waals surface area contributed by atoms with Crippen LogP contribution in [0.4, 0.5) is 0 Å². The summed E-state index contributed by atoms with van der Waals surface area (Å²) in [5.74, 6) is 0.137. The van der Waals surface area contributed by atoms with Gasteiger partial charge in [-0.2, -0.15) is 0 Å². The van der Waals surface area contributed by atoms with Crippen LogP contribution in [0.1, 0.15) is 15.9 Å². The van der Waals surface area contributed by atoms with E-state index in [1.807, 2.05) is 36.4 Å². The van der Waals surface area contributed by atoms with Gasteiger partial charge in [-0.05, 0) is 41.1 Å². The molecule has 3 aromatic rings. The number of rotatable bonds is 3. The number of amidine groups is 1. The van der Waals surface area contributed by atoms with Crippen LogP contribution in [-0.4, -0.2) is 11.8 Å². The molecule has 0 spiro atoms. The van der Waals surface area contributed by atoms with Crippen molar-refractivity contribution >= 4 is 22.6 Å². The maximum atomic E-state index is 12.2. The molecule has 0 aliphatic rings. The molecule has 3 N–H and O–H groups in total. The number of benzene rings is 3. The maximum absolute atomic E-state index is 12.2. The van der Waals surface area contributed by atoms with E-state index in [0.717, 1.165) is 10.8 Å². The van der Waals surface area contributed by atoms with Gasteiger partial charge in [-0.3, -0.25) is 5.41 Å². The van der Waals surface area contributed by atoms with Crippen molar-refractivity contribution in [2.45, 2.75) is 0 Å². The van der Waals surface area contributed by atoms with E-state index in [4.69, 9.17) is 15.9 Å². The molecule has 4 nitrogen and oxygen atoms in total. The molecule has 0 saturated heterocycles. The summed E-state index contributed by atoms with van der Waals surface area (Å²) in [4.78, 5) is 12.2. The topological polar surface area (TPSA) is 76.2 Å². The van der Waals surface area contributed by atoms with Crippen LogP contribution < -0.4 is 10.5 Å². The fourth-order valence-corrected chi connectivity index (χ4v) is 2.19. The normalized spacial score (nSPS) is 10.4. The molecular formula is C18H14N2O2. The Morgan fingerprint density at radius 1 is 0.864 bits per heavy atom. The average Bonchev–Trinajstić information content (AvgIpc) is 2.54. The standard InChI is InChI=1S/C18H14N2O2/c19-17(20)14-8-6-13-11-15(9-7-12(13)10-14)18(21)22-16-4-2-1-3-5-16/h1-11H,(H3,19,20). The van der Waals surface area contributed by atoms with Gasteiger partial charge >= 0.3 is 5.97 Å². The van der Waals surface area contributed by atoms with Gasteiger partial charge in [-0.15, -0.1) is 0 Å². The zero-order valence-corrected chi connectivity index (χ0v) is 11.7. The Hall–Kier alpha value is -3.14. The predicted octanol–water partition coefficient (Wildman–Crippen LogP) is 3.34. The number of nitrogens with two attached hydrogens (primary N) is 1. The lowest BCUT2D eigenvalue weighted by atomic mass is 10.0. The Morgan fingerprint density at radius 3 is 2.09 bits per heavy atom. The molecule has 3 aromatic carbocycles.